The number of aliphatic imine (C=N–C) groups is 1. The predicted molar refractivity (Wildman–Crippen MR) is 80.3 cm³/mol. The number of hydrogen-bond acceptors (Lipinski definition) is 8. The fourth-order valence-corrected chi connectivity index (χ4v) is 3.01. The molecule has 2 N–H and O–H groups in total. The Morgan fingerprint density at radius 2 is 2.33 bits per heavy atom. The number of carboxylic acid groups (broad SMARTS) is 1. The summed E-state index contributed by atoms with van der Waals surface area (Å²) < 4.78 is 0. The normalized spacial score (nSPS) is 15.7. The van der Waals surface area contributed by atoms with Gasteiger partial charge in [-0.3, -0.25) is 14.9 Å². The maximum absolute atomic E-state index is 10.5. The molecular weight excluding hydrogens is 320 g/mol. The second-order valence-electron chi connectivity index (χ2n) is 3.71. The van der Waals surface area contributed by atoms with Crippen LogP contribution in [0.1, 0.15) is 6.92 Å². The molecule has 1 fully saturated rings. The lowest BCUT2D eigenvalue weighted by Crippen LogP contribution is -2.27. The summed E-state index contributed by atoms with van der Waals surface area (Å²) >= 11 is 2.51. The molecule has 0 spiro atoms. The van der Waals surface area contributed by atoms with E-state index in [0.717, 1.165) is 35.7 Å². The van der Waals surface area contributed by atoms with Crippen molar-refractivity contribution in [3.8, 4) is 0 Å². The molecule has 0 aromatic carbocycles. The van der Waals surface area contributed by atoms with Crippen molar-refractivity contribution >= 4 is 44.4 Å². The van der Waals surface area contributed by atoms with E-state index in [4.69, 9.17) is 15.0 Å². The number of rotatable bonds is 4. The van der Waals surface area contributed by atoms with Gasteiger partial charge < -0.3 is 15.1 Å². The number of thiazole rings is 1. The molecule has 0 aliphatic carbocycles. The van der Waals surface area contributed by atoms with Crippen LogP contribution in [0, 0.1) is 10.1 Å². The molecule has 21 heavy (non-hydrogen) atoms. The van der Waals surface area contributed by atoms with E-state index < -0.39 is 10.9 Å². The van der Waals surface area contributed by atoms with E-state index in [1.807, 2.05) is 4.90 Å². The molecule has 0 radical (unpaired) electrons. The molecule has 1 aliphatic rings. The number of hydrogen-bond donors (Lipinski definition) is 2. The topological polar surface area (TPSA) is 129 Å². The van der Waals surface area contributed by atoms with Gasteiger partial charge in [-0.15, -0.1) is 0 Å². The first kappa shape index (κ1) is 17.3. The number of nitro groups is 1. The SMILES string of the molecule is CC(=O)O.O=[N+]([O-])c1cnc(/N=C2\SCCN2CCO)s1. The summed E-state index contributed by atoms with van der Waals surface area (Å²) in [6.07, 6.45) is 1.21. The van der Waals surface area contributed by atoms with Gasteiger partial charge in [-0.05, 0) is 11.3 Å². The Labute approximate surface area is 128 Å². The third-order valence-corrected chi connectivity index (χ3v) is 3.92. The third kappa shape index (κ3) is 6.06. The summed E-state index contributed by atoms with van der Waals surface area (Å²) in [5, 5.41) is 27.9. The number of carboxylic acids is 1. The first-order valence-corrected chi connectivity index (χ1v) is 7.61. The monoisotopic (exact) mass is 334 g/mol. The van der Waals surface area contributed by atoms with Crippen LogP contribution < -0.4 is 0 Å². The van der Waals surface area contributed by atoms with Crippen LogP contribution in [0.2, 0.25) is 0 Å². The van der Waals surface area contributed by atoms with Crippen molar-refractivity contribution in [2.45, 2.75) is 6.92 Å². The van der Waals surface area contributed by atoms with Crippen molar-refractivity contribution in [1.29, 1.82) is 0 Å². The average Bonchev–Trinajstić information content (AvgIpc) is 3.00. The Morgan fingerprint density at radius 3 is 2.86 bits per heavy atom. The van der Waals surface area contributed by atoms with E-state index in [-0.39, 0.29) is 11.6 Å². The van der Waals surface area contributed by atoms with Crippen LogP contribution in [-0.2, 0) is 4.79 Å². The molecule has 2 rings (SSSR count). The van der Waals surface area contributed by atoms with Crippen LogP contribution in [-0.4, -0.2) is 61.6 Å². The van der Waals surface area contributed by atoms with Gasteiger partial charge in [0.1, 0.15) is 6.20 Å². The highest BCUT2D eigenvalue weighted by Crippen LogP contribution is 2.30. The minimum Gasteiger partial charge on any atom is -0.481 e. The van der Waals surface area contributed by atoms with Gasteiger partial charge in [0.2, 0.25) is 5.13 Å². The van der Waals surface area contributed by atoms with Gasteiger partial charge in [0.15, 0.2) is 5.17 Å². The summed E-state index contributed by atoms with van der Waals surface area (Å²) in [5.41, 5.74) is 0. The van der Waals surface area contributed by atoms with E-state index in [1.165, 1.54) is 6.20 Å². The van der Waals surface area contributed by atoms with Crippen LogP contribution >= 0.6 is 23.1 Å². The number of β-amino-alcohol motifs (C(OH)–C–C–N with tert-alkyl or cyclic N) is 1. The van der Waals surface area contributed by atoms with Crippen LogP contribution in [0.5, 0.6) is 0 Å². The van der Waals surface area contributed by atoms with Gasteiger partial charge in [0.05, 0.1) is 11.5 Å². The lowest BCUT2D eigenvalue weighted by Gasteiger charge is -2.14. The molecular formula is C10H14N4O5S2. The minimum absolute atomic E-state index is 0.0129. The Balaban J connectivity index is 0.000000491. The van der Waals surface area contributed by atoms with E-state index in [2.05, 4.69) is 9.98 Å². The van der Waals surface area contributed by atoms with Crippen molar-refractivity contribution < 1.29 is 19.9 Å². The molecule has 0 saturated carbocycles. The smallest absolute Gasteiger partial charge is 0.345 e. The standard InChI is InChI=1S/C8H10N4O3S2.C2H4O2/c13-3-1-11-2-4-16-8(11)10-7-9-5-6(17-7)12(14)15;1-2(3)4/h5,13H,1-4H2;1H3,(H,3,4)/b10-8-;. The fraction of sp³-hybridized carbons (Fsp3) is 0.500. The van der Waals surface area contributed by atoms with Crippen molar-refractivity contribution in [2.75, 3.05) is 25.4 Å². The highest BCUT2D eigenvalue weighted by atomic mass is 32.2. The Kier molecular flexibility index (Phi) is 7.05. The summed E-state index contributed by atoms with van der Waals surface area (Å²) in [5.74, 6) is 0.0757. The zero-order valence-electron chi connectivity index (χ0n) is 11.1. The lowest BCUT2D eigenvalue weighted by atomic mass is 10.5. The molecule has 9 nitrogen and oxygen atoms in total. The van der Waals surface area contributed by atoms with Gasteiger partial charge in [-0.2, -0.15) is 4.99 Å². The van der Waals surface area contributed by atoms with Crippen LogP contribution in [0.15, 0.2) is 11.2 Å². The van der Waals surface area contributed by atoms with Crippen LogP contribution in [0.4, 0.5) is 10.1 Å². The first-order chi connectivity index (χ1) is 9.93. The molecule has 116 valence electrons. The van der Waals surface area contributed by atoms with E-state index in [9.17, 15) is 10.1 Å². The van der Waals surface area contributed by atoms with Gasteiger partial charge >= 0.3 is 5.00 Å². The number of aromatic nitrogens is 1. The Hall–Kier alpha value is -1.72. The molecule has 1 aromatic rings. The summed E-state index contributed by atoms with van der Waals surface area (Å²) in [6.45, 7) is 2.51. The number of aliphatic carboxylic acids is 1. The average molecular weight is 334 g/mol. The number of aliphatic hydroxyl groups is 1. The molecule has 0 unspecified atom stereocenters. The van der Waals surface area contributed by atoms with E-state index in [0.29, 0.717) is 11.7 Å². The van der Waals surface area contributed by atoms with E-state index in [1.54, 1.807) is 11.8 Å². The predicted octanol–water partition coefficient (Wildman–Crippen LogP) is 1.17. The van der Waals surface area contributed by atoms with Gasteiger partial charge in [-0.25, -0.2) is 4.98 Å². The Bertz CT molecular complexity index is 529. The van der Waals surface area contributed by atoms with Gasteiger partial charge in [-0.1, -0.05) is 11.8 Å². The summed E-state index contributed by atoms with van der Waals surface area (Å²) in [4.78, 5) is 29.1. The lowest BCUT2D eigenvalue weighted by molar-refractivity contribution is -0.380. The molecule has 11 heteroatoms. The molecule has 1 saturated heterocycles. The van der Waals surface area contributed by atoms with Gasteiger partial charge in [0.25, 0.3) is 5.97 Å². The number of aliphatic hydroxyl groups excluding tert-OH is 1. The van der Waals surface area contributed by atoms with Crippen molar-refractivity contribution in [1.82, 2.24) is 9.88 Å². The maximum Gasteiger partial charge on any atom is 0.345 e. The number of carbonyl (C=O) groups is 1. The van der Waals surface area contributed by atoms with Crippen molar-refractivity contribution in [2.24, 2.45) is 4.99 Å². The Morgan fingerprint density at radius 1 is 1.67 bits per heavy atom. The highest BCUT2D eigenvalue weighted by Gasteiger charge is 2.20. The second-order valence-corrected chi connectivity index (χ2v) is 5.76. The number of amidine groups is 1. The molecule has 1 aromatic heterocycles. The van der Waals surface area contributed by atoms with Crippen LogP contribution in [0.3, 0.4) is 0 Å². The second kappa shape index (κ2) is 8.54. The summed E-state index contributed by atoms with van der Waals surface area (Å²) in [7, 11) is 0. The zero-order chi connectivity index (χ0) is 15.8. The number of nitrogens with zero attached hydrogens (tertiary/aromatic N) is 4. The highest BCUT2D eigenvalue weighted by molar-refractivity contribution is 8.14. The first-order valence-electron chi connectivity index (χ1n) is 5.81. The zero-order valence-corrected chi connectivity index (χ0v) is 12.8. The van der Waals surface area contributed by atoms with Gasteiger partial charge in [0, 0.05) is 25.8 Å². The summed E-state index contributed by atoms with van der Waals surface area (Å²) in [6, 6.07) is 0. The van der Waals surface area contributed by atoms with Crippen LogP contribution in [0.25, 0.3) is 0 Å². The molecule has 0 amide bonds. The largest absolute Gasteiger partial charge is 0.481 e. The fourth-order valence-electron chi connectivity index (χ4n) is 1.34. The maximum atomic E-state index is 10.5. The molecule has 1 aliphatic heterocycles. The van der Waals surface area contributed by atoms with Crippen molar-refractivity contribution in [3.05, 3.63) is 16.3 Å². The number of thioether (sulfide) groups is 1. The minimum atomic E-state index is -0.833. The molecule has 0 bridgehead atoms. The third-order valence-electron chi connectivity index (χ3n) is 2.09. The van der Waals surface area contributed by atoms with Crippen molar-refractivity contribution in [3.63, 3.8) is 0 Å². The molecule has 2 heterocycles. The quantitative estimate of drug-likeness (QED) is 0.620. The van der Waals surface area contributed by atoms with E-state index >= 15 is 0 Å². The molecule has 0 atom stereocenters.